The quantitative estimate of drug-likeness (QED) is 0.574. The molecule has 0 aromatic heterocycles. The van der Waals surface area contributed by atoms with Crippen molar-refractivity contribution in [1.82, 2.24) is 0 Å². The molecule has 3 rings (SSSR count). The van der Waals surface area contributed by atoms with Crippen LogP contribution < -0.4 is 9.47 Å². The molecule has 0 saturated heterocycles. The van der Waals surface area contributed by atoms with Gasteiger partial charge in [0.15, 0.2) is 0 Å². The van der Waals surface area contributed by atoms with Crippen molar-refractivity contribution in [1.29, 1.82) is 0 Å². The van der Waals surface area contributed by atoms with Crippen LogP contribution in [0.25, 0.3) is 0 Å². The molecule has 0 radical (unpaired) electrons. The lowest BCUT2D eigenvalue weighted by molar-refractivity contribution is 0.411. The Morgan fingerprint density at radius 1 is 0.600 bits per heavy atom. The van der Waals surface area contributed by atoms with Crippen molar-refractivity contribution in [2.75, 3.05) is 14.2 Å². The molecule has 3 aromatic carbocycles. The average molecular weight is 332 g/mol. The van der Waals surface area contributed by atoms with Crippen LogP contribution in [-0.4, -0.2) is 14.2 Å². The third kappa shape index (κ3) is 3.53. The zero-order valence-electron chi connectivity index (χ0n) is 15.2. The van der Waals surface area contributed by atoms with Gasteiger partial charge in [-0.1, -0.05) is 54.6 Å². The predicted molar refractivity (Wildman–Crippen MR) is 103 cm³/mol. The second kappa shape index (κ2) is 7.43. The molecule has 0 aliphatic carbocycles. The fourth-order valence-corrected chi connectivity index (χ4v) is 3.39. The van der Waals surface area contributed by atoms with Crippen molar-refractivity contribution in [2.24, 2.45) is 0 Å². The number of hydrogen-bond acceptors (Lipinski definition) is 2. The summed E-state index contributed by atoms with van der Waals surface area (Å²) in [6.07, 6.45) is 0. The Bertz CT molecular complexity index is 800. The normalized spacial score (nSPS) is 10.8. The number of rotatable bonds is 5. The van der Waals surface area contributed by atoms with Gasteiger partial charge in [-0.3, -0.25) is 0 Å². The molecule has 0 atom stereocenters. The van der Waals surface area contributed by atoms with Crippen molar-refractivity contribution in [3.05, 3.63) is 94.5 Å². The molecule has 0 aliphatic heterocycles. The minimum Gasteiger partial charge on any atom is -0.496 e. The first-order valence-corrected chi connectivity index (χ1v) is 8.48. The summed E-state index contributed by atoms with van der Waals surface area (Å²) in [6.45, 7) is 4.17. The lowest BCUT2D eigenvalue weighted by Crippen LogP contribution is -2.05. The Morgan fingerprint density at radius 2 is 1.08 bits per heavy atom. The maximum Gasteiger partial charge on any atom is 0.121 e. The van der Waals surface area contributed by atoms with Crippen molar-refractivity contribution < 1.29 is 9.47 Å². The van der Waals surface area contributed by atoms with Gasteiger partial charge in [0.2, 0.25) is 0 Å². The third-order valence-electron chi connectivity index (χ3n) is 4.64. The van der Waals surface area contributed by atoms with E-state index >= 15 is 0 Å². The van der Waals surface area contributed by atoms with E-state index in [1.807, 2.05) is 0 Å². The predicted octanol–water partition coefficient (Wildman–Crippen LogP) is 5.50. The summed E-state index contributed by atoms with van der Waals surface area (Å²) in [7, 11) is 3.42. The Kier molecular flexibility index (Phi) is 5.08. The van der Waals surface area contributed by atoms with Gasteiger partial charge in [0.05, 0.1) is 14.2 Å². The molecular formula is C23H24O2. The molecule has 0 unspecified atom stereocenters. The van der Waals surface area contributed by atoms with E-state index in [4.69, 9.17) is 9.47 Å². The molecular weight excluding hydrogens is 308 g/mol. The van der Waals surface area contributed by atoms with Gasteiger partial charge in [0.1, 0.15) is 11.5 Å². The van der Waals surface area contributed by atoms with Crippen LogP contribution in [0.4, 0.5) is 0 Å². The fourth-order valence-electron chi connectivity index (χ4n) is 3.39. The van der Waals surface area contributed by atoms with Crippen LogP contribution in [0, 0.1) is 13.8 Å². The molecule has 2 nitrogen and oxygen atoms in total. The second-order valence-electron chi connectivity index (χ2n) is 6.30. The Labute approximate surface area is 150 Å². The number of ether oxygens (including phenoxy) is 2. The van der Waals surface area contributed by atoms with Gasteiger partial charge in [-0.2, -0.15) is 0 Å². The number of aryl methyl sites for hydroxylation is 2. The van der Waals surface area contributed by atoms with Crippen molar-refractivity contribution in [3.63, 3.8) is 0 Å². The van der Waals surface area contributed by atoms with Gasteiger partial charge in [0.25, 0.3) is 0 Å². The molecule has 3 aromatic rings. The number of methoxy groups -OCH3 is 2. The van der Waals surface area contributed by atoms with Crippen LogP contribution in [0.3, 0.4) is 0 Å². The van der Waals surface area contributed by atoms with E-state index in [1.165, 1.54) is 16.7 Å². The molecule has 0 saturated carbocycles. The molecule has 0 amide bonds. The molecule has 0 spiro atoms. The Hall–Kier alpha value is -2.74. The molecule has 0 N–H and O–H groups in total. The zero-order chi connectivity index (χ0) is 17.8. The highest BCUT2D eigenvalue weighted by atomic mass is 16.5. The summed E-state index contributed by atoms with van der Waals surface area (Å²) in [4.78, 5) is 0. The molecule has 25 heavy (non-hydrogen) atoms. The van der Waals surface area contributed by atoms with Gasteiger partial charge in [0, 0.05) is 5.92 Å². The molecule has 0 bridgehead atoms. The monoisotopic (exact) mass is 332 g/mol. The molecule has 2 heteroatoms. The summed E-state index contributed by atoms with van der Waals surface area (Å²) in [5.74, 6) is 2.01. The van der Waals surface area contributed by atoms with E-state index in [9.17, 15) is 0 Å². The minimum atomic E-state index is 0.176. The lowest BCUT2D eigenvalue weighted by atomic mass is 9.84. The first kappa shape index (κ1) is 17.1. The fraction of sp³-hybridized carbons (Fsp3) is 0.217. The minimum absolute atomic E-state index is 0.176. The van der Waals surface area contributed by atoms with Gasteiger partial charge >= 0.3 is 0 Å². The lowest BCUT2D eigenvalue weighted by Gasteiger charge is -2.21. The first-order valence-electron chi connectivity index (χ1n) is 8.48. The number of hydrogen-bond donors (Lipinski definition) is 0. The van der Waals surface area contributed by atoms with Gasteiger partial charge in [-0.25, -0.2) is 0 Å². The maximum absolute atomic E-state index is 5.42. The largest absolute Gasteiger partial charge is 0.496 e. The number of benzene rings is 3. The molecule has 0 aliphatic rings. The van der Waals surface area contributed by atoms with Gasteiger partial charge < -0.3 is 9.47 Å². The highest BCUT2D eigenvalue weighted by Gasteiger charge is 2.18. The summed E-state index contributed by atoms with van der Waals surface area (Å²) >= 11 is 0. The van der Waals surface area contributed by atoms with E-state index in [-0.39, 0.29) is 5.92 Å². The Balaban J connectivity index is 2.14. The van der Waals surface area contributed by atoms with E-state index in [0.717, 1.165) is 22.6 Å². The molecule has 128 valence electrons. The summed E-state index contributed by atoms with van der Waals surface area (Å²) in [5.41, 5.74) is 6.08. The van der Waals surface area contributed by atoms with Gasteiger partial charge in [-0.15, -0.1) is 0 Å². The molecule has 0 heterocycles. The molecule has 0 fully saturated rings. The smallest absolute Gasteiger partial charge is 0.121 e. The van der Waals surface area contributed by atoms with Crippen molar-refractivity contribution >= 4 is 0 Å². The van der Waals surface area contributed by atoms with E-state index in [1.54, 1.807) is 14.2 Å². The zero-order valence-corrected chi connectivity index (χ0v) is 15.2. The van der Waals surface area contributed by atoms with E-state index in [0.29, 0.717) is 0 Å². The van der Waals surface area contributed by atoms with Crippen LogP contribution in [0.2, 0.25) is 0 Å². The van der Waals surface area contributed by atoms with Gasteiger partial charge in [-0.05, 0) is 53.8 Å². The van der Waals surface area contributed by atoms with E-state index in [2.05, 4.69) is 80.6 Å². The van der Waals surface area contributed by atoms with Crippen LogP contribution >= 0.6 is 0 Å². The van der Waals surface area contributed by atoms with Crippen LogP contribution in [0.15, 0.2) is 66.7 Å². The summed E-state index contributed by atoms with van der Waals surface area (Å²) < 4.78 is 10.8. The second-order valence-corrected chi connectivity index (χ2v) is 6.30. The SMILES string of the molecule is COc1ccc(C(c2ccccc2)c2ccc(OC)c(C)c2)cc1C. The topological polar surface area (TPSA) is 18.5 Å². The van der Waals surface area contributed by atoms with Crippen LogP contribution in [-0.2, 0) is 0 Å². The van der Waals surface area contributed by atoms with Crippen LogP contribution in [0.5, 0.6) is 11.5 Å². The highest BCUT2D eigenvalue weighted by molar-refractivity contribution is 5.49. The summed E-state index contributed by atoms with van der Waals surface area (Å²) in [5, 5.41) is 0. The maximum atomic E-state index is 5.42. The standard InChI is InChI=1S/C23H24O2/c1-16-14-19(10-12-21(16)24-3)23(18-8-6-5-7-9-18)20-11-13-22(25-4)17(2)15-20/h5-15,23H,1-4H3. The van der Waals surface area contributed by atoms with Crippen molar-refractivity contribution in [3.8, 4) is 11.5 Å². The van der Waals surface area contributed by atoms with E-state index < -0.39 is 0 Å². The average Bonchev–Trinajstić information content (AvgIpc) is 2.63. The summed E-state index contributed by atoms with van der Waals surface area (Å²) in [6, 6.07) is 23.5. The van der Waals surface area contributed by atoms with Crippen LogP contribution in [0.1, 0.15) is 33.7 Å². The van der Waals surface area contributed by atoms with Crippen molar-refractivity contribution in [2.45, 2.75) is 19.8 Å². The Morgan fingerprint density at radius 3 is 1.48 bits per heavy atom. The highest BCUT2D eigenvalue weighted by Crippen LogP contribution is 2.35. The first-order chi connectivity index (χ1) is 12.1. The third-order valence-corrected chi connectivity index (χ3v) is 4.64.